The molecule has 1 saturated heterocycles. The lowest BCUT2D eigenvalue weighted by molar-refractivity contribution is 0.237. The molecule has 0 saturated carbocycles. The van der Waals surface area contributed by atoms with E-state index in [0.29, 0.717) is 23.3 Å². The van der Waals surface area contributed by atoms with Gasteiger partial charge in [0.2, 0.25) is 0 Å². The topological polar surface area (TPSA) is 62.9 Å². The highest BCUT2D eigenvalue weighted by Gasteiger charge is 2.13. The summed E-state index contributed by atoms with van der Waals surface area (Å²) in [5.41, 5.74) is 0.568. The molecule has 5 nitrogen and oxygen atoms in total. The molecule has 0 atom stereocenters. The molecule has 3 rings (SSSR count). The Hall–Kier alpha value is -2.01. The first kappa shape index (κ1) is 13.9. The van der Waals surface area contributed by atoms with E-state index in [1.165, 1.54) is 12.8 Å². The van der Waals surface area contributed by atoms with Crippen molar-refractivity contribution in [2.45, 2.75) is 19.8 Å². The average molecular weight is 289 g/mol. The van der Waals surface area contributed by atoms with Gasteiger partial charge in [-0.05, 0) is 45.0 Å². The van der Waals surface area contributed by atoms with Crippen LogP contribution in [0.25, 0.3) is 11.0 Å². The fourth-order valence-electron chi connectivity index (χ4n) is 2.77. The summed E-state index contributed by atoms with van der Waals surface area (Å²) < 4.78 is 11.0. The number of fused-ring (bicyclic) bond motifs is 1. The van der Waals surface area contributed by atoms with Crippen molar-refractivity contribution in [3.63, 3.8) is 0 Å². The number of aryl methyl sites for hydroxylation is 1. The number of benzene rings is 1. The summed E-state index contributed by atoms with van der Waals surface area (Å²) in [4.78, 5) is 13.8. The van der Waals surface area contributed by atoms with Gasteiger partial charge in [0.25, 0.3) is 0 Å². The number of hydrogen-bond donors (Lipinski definition) is 1. The molecule has 5 heteroatoms. The summed E-state index contributed by atoms with van der Waals surface area (Å²) in [7, 11) is 0. The van der Waals surface area contributed by atoms with Gasteiger partial charge in [-0.2, -0.15) is 0 Å². The van der Waals surface area contributed by atoms with Gasteiger partial charge in [0, 0.05) is 12.1 Å². The molecule has 1 N–H and O–H groups in total. The molecule has 0 bridgehead atoms. The van der Waals surface area contributed by atoms with Crippen molar-refractivity contribution < 1.29 is 14.3 Å². The molecular weight excluding hydrogens is 270 g/mol. The fourth-order valence-corrected chi connectivity index (χ4v) is 2.77. The van der Waals surface area contributed by atoms with E-state index >= 15 is 0 Å². The molecule has 1 aromatic carbocycles. The third-order valence-electron chi connectivity index (χ3n) is 3.95. The van der Waals surface area contributed by atoms with E-state index in [4.69, 9.17) is 9.15 Å². The molecule has 1 fully saturated rings. The Kier molecular flexibility index (Phi) is 3.84. The minimum atomic E-state index is -0.558. The average Bonchev–Trinajstić information content (AvgIpc) is 2.95. The zero-order valence-electron chi connectivity index (χ0n) is 12.1. The lowest BCUT2D eigenvalue weighted by atomic mass is 10.1. The summed E-state index contributed by atoms with van der Waals surface area (Å²) in [6.07, 6.45) is 2.53. The van der Waals surface area contributed by atoms with Crippen LogP contribution in [-0.4, -0.2) is 36.2 Å². The Balaban J connectivity index is 1.79. The molecule has 1 aromatic heterocycles. The summed E-state index contributed by atoms with van der Waals surface area (Å²) >= 11 is 0. The summed E-state index contributed by atoms with van der Waals surface area (Å²) in [5.74, 6) is 0.628. The molecule has 1 aliphatic heterocycles. The summed E-state index contributed by atoms with van der Waals surface area (Å²) in [6.45, 7) is 5.62. The zero-order chi connectivity index (χ0) is 14.8. The van der Waals surface area contributed by atoms with E-state index in [0.717, 1.165) is 31.3 Å². The molecule has 0 unspecified atom stereocenters. The normalized spacial score (nSPS) is 15.7. The van der Waals surface area contributed by atoms with Gasteiger partial charge < -0.3 is 14.3 Å². The third kappa shape index (κ3) is 2.88. The standard InChI is InChI=1S/C16H19NO4/c1-11-14(20-9-8-17-6-2-3-7-17)5-4-12-13(18)10-15(19)21-16(11)12/h4-5,10,18H,2-3,6-9H2,1H3. The highest BCUT2D eigenvalue weighted by Crippen LogP contribution is 2.30. The van der Waals surface area contributed by atoms with Crippen LogP contribution in [0.2, 0.25) is 0 Å². The molecule has 2 aromatic rings. The molecule has 2 heterocycles. The van der Waals surface area contributed by atoms with E-state index in [2.05, 4.69) is 4.90 Å². The van der Waals surface area contributed by atoms with Gasteiger partial charge in [-0.15, -0.1) is 0 Å². The molecule has 0 radical (unpaired) electrons. The van der Waals surface area contributed by atoms with Crippen LogP contribution < -0.4 is 10.4 Å². The summed E-state index contributed by atoms with van der Waals surface area (Å²) in [6, 6.07) is 4.60. The lowest BCUT2D eigenvalue weighted by Gasteiger charge is -2.16. The maximum absolute atomic E-state index is 11.4. The molecule has 0 amide bonds. The second kappa shape index (κ2) is 5.77. The Labute approximate surface area is 122 Å². The molecular formula is C16H19NO4. The van der Waals surface area contributed by atoms with Crippen molar-refractivity contribution in [1.82, 2.24) is 4.90 Å². The Morgan fingerprint density at radius 2 is 2.10 bits per heavy atom. The van der Waals surface area contributed by atoms with E-state index in [1.807, 2.05) is 6.92 Å². The van der Waals surface area contributed by atoms with Crippen LogP contribution in [0.15, 0.2) is 27.4 Å². The number of rotatable bonds is 4. The van der Waals surface area contributed by atoms with Crippen molar-refractivity contribution in [3.05, 3.63) is 34.2 Å². The van der Waals surface area contributed by atoms with Crippen LogP contribution in [0.1, 0.15) is 18.4 Å². The first-order chi connectivity index (χ1) is 10.1. The highest BCUT2D eigenvalue weighted by atomic mass is 16.5. The van der Waals surface area contributed by atoms with Crippen LogP contribution in [0, 0.1) is 6.92 Å². The molecule has 21 heavy (non-hydrogen) atoms. The smallest absolute Gasteiger partial charge is 0.339 e. The molecule has 1 aliphatic rings. The van der Waals surface area contributed by atoms with Crippen LogP contribution in [0.4, 0.5) is 0 Å². The maximum Gasteiger partial charge on any atom is 0.339 e. The summed E-state index contributed by atoms with van der Waals surface area (Å²) in [5, 5.41) is 10.3. The van der Waals surface area contributed by atoms with Gasteiger partial charge in [0.1, 0.15) is 23.7 Å². The van der Waals surface area contributed by atoms with Crippen molar-refractivity contribution in [1.29, 1.82) is 0 Å². The molecule has 0 spiro atoms. The number of ether oxygens (including phenoxy) is 1. The number of nitrogens with zero attached hydrogens (tertiary/aromatic N) is 1. The van der Waals surface area contributed by atoms with E-state index < -0.39 is 5.63 Å². The Morgan fingerprint density at radius 3 is 2.86 bits per heavy atom. The van der Waals surface area contributed by atoms with E-state index in [9.17, 15) is 9.90 Å². The predicted molar refractivity (Wildman–Crippen MR) is 80.1 cm³/mol. The predicted octanol–water partition coefficient (Wildman–Crippen LogP) is 2.28. The van der Waals surface area contributed by atoms with Gasteiger partial charge >= 0.3 is 5.63 Å². The number of likely N-dealkylation sites (tertiary alicyclic amines) is 1. The van der Waals surface area contributed by atoms with Crippen LogP contribution in [0.3, 0.4) is 0 Å². The minimum absolute atomic E-state index is 0.0621. The van der Waals surface area contributed by atoms with Crippen LogP contribution in [0.5, 0.6) is 11.5 Å². The SMILES string of the molecule is Cc1c(OCCN2CCCC2)ccc2c(O)cc(=O)oc12. The quantitative estimate of drug-likeness (QED) is 0.875. The Bertz CT molecular complexity index is 701. The minimum Gasteiger partial charge on any atom is -0.507 e. The monoisotopic (exact) mass is 289 g/mol. The van der Waals surface area contributed by atoms with Crippen LogP contribution >= 0.6 is 0 Å². The first-order valence-corrected chi connectivity index (χ1v) is 7.27. The largest absolute Gasteiger partial charge is 0.507 e. The number of aromatic hydroxyl groups is 1. The first-order valence-electron chi connectivity index (χ1n) is 7.27. The van der Waals surface area contributed by atoms with Crippen molar-refractivity contribution in [2.75, 3.05) is 26.2 Å². The number of hydrogen-bond acceptors (Lipinski definition) is 5. The maximum atomic E-state index is 11.4. The molecule has 112 valence electrons. The molecule has 0 aliphatic carbocycles. The van der Waals surface area contributed by atoms with Gasteiger partial charge in [0.15, 0.2) is 0 Å². The second-order valence-corrected chi connectivity index (χ2v) is 5.41. The highest BCUT2D eigenvalue weighted by molar-refractivity contribution is 5.86. The van der Waals surface area contributed by atoms with Crippen molar-refractivity contribution >= 4 is 11.0 Å². The van der Waals surface area contributed by atoms with Gasteiger partial charge in [-0.3, -0.25) is 4.90 Å². The van der Waals surface area contributed by atoms with Crippen LogP contribution in [-0.2, 0) is 0 Å². The van der Waals surface area contributed by atoms with Gasteiger partial charge in [0.05, 0.1) is 11.5 Å². The second-order valence-electron chi connectivity index (χ2n) is 5.41. The van der Waals surface area contributed by atoms with E-state index in [1.54, 1.807) is 12.1 Å². The Morgan fingerprint density at radius 1 is 1.33 bits per heavy atom. The fraction of sp³-hybridized carbons (Fsp3) is 0.438. The van der Waals surface area contributed by atoms with Gasteiger partial charge in [-0.1, -0.05) is 0 Å². The zero-order valence-corrected chi connectivity index (χ0v) is 12.1. The third-order valence-corrected chi connectivity index (χ3v) is 3.95. The van der Waals surface area contributed by atoms with E-state index in [-0.39, 0.29) is 5.75 Å². The lowest BCUT2D eigenvalue weighted by Crippen LogP contribution is -2.25. The van der Waals surface area contributed by atoms with Crippen molar-refractivity contribution in [2.24, 2.45) is 0 Å². The van der Waals surface area contributed by atoms with Crippen molar-refractivity contribution in [3.8, 4) is 11.5 Å². The van der Waals surface area contributed by atoms with Gasteiger partial charge in [-0.25, -0.2) is 4.79 Å².